The molecule has 0 radical (unpaired) electrons. The maximum Gasteiger partial charge on any atom is 0.120 e. The summed E-state index contributed by atoms with van der Waals surface area (Å²) in [5.41, 5.74) is 2.06. The van der Waals surface area contributed by atoms with Crippen molar-refractivity contribution in [2.24, 2.45) is 0 Å². The molecule has 17 heavy (non-hydrogen) atoms. The van der Waals surface area contributed by atoms with E-state index in [1.807, 2.05) is 25.1 Å². The first-order valence-electron chi connectivity index (χ1n) is 6.30. The molecule has 94 valence electrons. The van der Waals surface area contributed by atoms with Gasteiger partial charge in [-0.1, -0.05) is 12.1 Å². The molecule has 0 aromatic heterocycles. The molecule has 1 heterocycles. The third kappa shape index (κ3) is 3.20. The van der Waals surface area contributed by atoms with Gasteiger partial charge in [0.05, 0.1) is 0 Å². The van der Waals surface area contributed by atoms with Crippen molar-refractivity contribution in [2.75, 3.05) is 13.2 Å². The van der Waals surface area contributed by atoms with E-state index in [0.717, 1.165) is 37.2 Å². The summed E-state index contributed by atoms with van der Waals surface area (Å²) in [6.07, 6.45) is 2.11. The van der Waals surface area contributed by atoms with E-state index >= 15 is 0 Å². The molecular formula is C14H21NO2. The molecular weight excluding hydrogens is 214 g/mol. The molecule has 1 atom stereocenters. The SMILES string of the molecule is Cc1ccc(C(C)NC2CCOCC2)c(O)c1. The monoisotopic (exact) mass is 235 g/mol. The lowest BCUT2D eigenvalue weighted by Crippen LogP contribution is -2.36. The van der Waals surface area contributed by atoms with Crippen LogP contribution in [0.5, 0.6) is 5.75 Å². The predicted octanol–water partition coefficient (Wildman–Crippen LogP) is 2.53. The number of aromatic hydroxyl groups is 1. The van der Waals surface area contributed by atoms with E-state index in [2.05, 4.69) is 12.2 Å². The summed E-state index contributed by atoms with van der Waals surface area (Å²) >= 11 is 0. The lowest BCUT2D eigenvalue weighted by molar-refractivity contribution is 0.0754. The number of hydrogen-bond acceptors (Lipinski definition) is 3. The van der Waals surface area contributed by atoms with E-state index in [-0.39, 0.29) is 6.04 Å². The smallest absolute Gasteiger partial charge is 0.120 e. The molecule has 0 spiro atoms. The van der Waals surface area contributed by atoms with Crippen molar-refractivity contribution >= 4 is 0 Å². The predicted molar refractivity (Wildman–Crippen MR) is 68.2 cm³/mol. The van der Waals surface area contributed by atoms with Crippen molar-refractivity contribution < 1.29 is 9.84 Å². The van der Waals surface area contributed by atoms with Crippen LogP contribution in [0.25, 0.3) is 0 Å². The molecule has 1 aliphatic heterocycles. The molecule has 3 heteroatoms. The van der Waals surface area contributed by atoms with Gasteiger partial charge in [-0.15, -0.1) is 0 Å². The molecule has 2 N–H and O–H groups in total. The topological polar surface area (TPSA) is 41.5 Å². The fourth-order valence-corrected chi connectivity index (χ4v) is 2.33. The van der Waals surface area contributed by atoms with E-state index < -0.39 is 0 Å². The minimum atomic E-state index is 0.179. The van der Waals surface area contributed by atoms with Crippen LogP contribution < -0.4 is 5.32 Å². The van der Waals surface area contributed by atoms with E-state index in [1.54, 1.807) is 0 Å². The zero-order chi connectivity index (χ0) is 12.3. The van der Waals surface area contributed by atoms with Crippen LogP contribution in [-0.2, 0) is 4.74 Å². The van der Waals surface area contributed by atoms with Crippen LogP contribution in [0, 0.1) is 6.92 Å². The summed E-state index contributed by atoms with van der Waals surface area (Å²) in [6, 6.07) is 6.54. The Bertz CT molecular complexity index is 372. The summed E-state index contributed by atoms with van der Waals surface area (Å²) in [5.74, 6) is 0.386. The number of rotatable bonds is 3. The molecule has 1 unspecified atom stereocenters. The van der Waals surface area contributed by atoms with Gasteiger partial charge in [-0.25, -0.2) is 0 Å². The highest BCUT2D eigenvalue weighted by Crippen LogP contribution is 2.26. The van der Waals surface area contributed by atoms with Crippen LogP contribution in [0.15, 0.2) is 18.2 Å². The molecule has 1 fully saturated rings. The van der Waals surface area contributed by atoms with Gasteiger partial charge < -0.3 is 15.2 Å². The Kier molecular flexibility index (Phi) is 4.02. The molecule has 2 rings (SSSR count). The Morgan fingerprint density at radius 3 is 2.71 bits per heavy atom. The normalized spacial score (nSPS) is 19.2. The third-order valence-corrected chi connectivity index (χ3v) is 3.36. The van der Waals surface area contributed by atoms with Gasteiger partial charge in [-0.05, 0) is 38.3 Å². The van der Waals surface area contributed by atoms with Crippen LogP contribution in [0.1, 0.15) is 36.9 Å². The Hall–Kier alpha value is -1.06. The van der Waals surface area contributed by atoms with Gasteiger partial charge in [0.2, 0.25) is 0 Å². The maximum absolute atomic E-state index is 9.93. The molecule has 1 aromatic carbocycles. The van der Waals surface area contributed by atoms with Crippen molar-refractivity contribution in [2.45, 2.75) is 38.8 Å². The summed E-state index contributed by atoms with van der Waals surface area (Å²) in [4.78, 5) is 0. The van der Waals surface area contributed by atoms with Crippen LogP contribution in [-0.4, -0.2) is 24.4 Å². The number of phenols is 1. The Morgan fingerprint density at radius 2 is 2.06 bits per heavy atom. The number of benzene rings is 1. The van der Waals surface area contributed by atoms with Crippen LogP contribution in [0.4, 0.5) is 0 Å². The lowest BCUT2D eigenvalue weighted by atomic mass is 10.0. The number of hydrogen-bond donors (Lipinski definition) is 2. The average molecular weight is 235 g/mol. The van der Waals surface area contributed by atoms with Gasteiger partial charge >= 0.3 is 0 Å². The quantitative estimate of drug-likeness (QED) is 0.846. The van der Waals surface area contributed by atoms with Gasteiger partial charge in [-0.2, -0.15) is 0 Å². The lowest BCUT2D eigenvalue weighted by Gasteiger charge is -2.27. The summed E-state index contributed by atoms with van der Waals surface area (Å²) in [5, 5.41) is 13.5. The Morgan fingerprint density at radius 1 is 1.35 bits per heavy atom. The van der Waals surface area contributed by atoms with Crippen LogP contribution in [0.3, 0.4) is 0 Å². The highest BCUT2D eigenvalue weighted by Gasteiger charge is 2.18. The fourth-order valence-electron chi connectivity index (χ4n) is 2.33. The minimum absolute atomic E-state index is 0.179. The summed E-state index contributed by atoms with van der Waals surface area (Å²) < 4.78 is 5.34. The number of phenolic OH excluding ortho intramolecular Hbond substituents is 1. The molecule has 0 amide bonds. The Labute approximate surface area is 103 Å². The van der Waals surface area contributed by atoms with Crippen LogP contribution in [0.2, 0.25) is 0 Å². The van der Waals surface area contributed by atoms with Crippen molar-refractivity contribution in [3.8, 4) is 5.75 Å². The zero-order valence-electron chi connectivity index (χ0n) is 10.6. The third-order valence-electron chi connectivity index (χ3n) is 3.36. The molecule has 1 aliphatic rings. The highest BCUT2D eigenvalue weighted by atomic mass is 16.5. The van der Waals surface area contributed by atoms with Crippen molar-refractivity contribution in [3.05, 3.63) is 29.3 Å². The van der Waals surface area contributed by atoms with Gasteiger partial charge in [0.25, 0.3) is 0 Å². The molecule has 0 saturated carbocycles. The van der Waals surface area contributed by atoms with Crippen LogP contribution >= 0.6 is 0 Å². The standard InChI is InChI=1S/C14H21NO2/c1-10-3-4-13(14(16)9-10)11(2)15-12-5-7-17-8-6-12/h3-4,9,11-12,15-16H,5-8H2,1-2H3. The Balaban J connectivity index is 2.00. The fraction of sp³-hybridized carbons (Fsp3) is 0.571. The highest BCUT2D eigenvalue weighted by molar-refractivity contribution is 5.37. The first-order chi connectivity index (χ1) is 8.16. The first kappa shape index (κ1) is 12.4. The van der Waals surface area contributed by atoms with Gasteiger partial charge in [0.1, 0.15) is 5.75 Å². The second-order valence-corrected chi connectivity index (χ2v) is 4.84. The van der Waals surface area contributed by atoms with Crippen molar-refractivity contribution in [1.29, 1.82) is 0 Å². The molecule has 3 nitrogen and oxygen atoms in total. The summed E-state index contributed by atoms with van der Waals surface area (Å²) in [7, 11) is 0. The van der Waals surface area contributed by atoms with E-state index in [4.69, 9.17) is 4.74 Å². The van der Waals surface area contributed by atoms with E-state index in [0.29, 0.717) is 11.8 Å². The maximum atomic E-state index is 9.93. The van der Waals surface area contributed by atoms with E-state index in [1.165, 1.54) is 0 Å². The van der Waals surface area contributed by atoms with Crippen molar-refractivity contribution in [1.82, 2.24) is 5.32 Å². The molecule has 0 aliphatic carbocycles. The minimum Gasteiger partial charge on any atom is -0.508 e. The number of aryl methyl sites for hydroxylation is 1. The first-order valence-corrected chi connectivity index (χ1v) is 6.30. The van der Waals surface area contributed by atoms with Gasteiger partial charge in [0.15, 0.2) is 0 Å². The van der Waals surface area contributed by atoms with Gasteiger partial charge in [0, 0.05) is 30.9 Å². The van der Waals surface area contributed by atoms with E-state index in [9.17, 15) is 5.11 Å². The second-order valence-electron chi connectivity index (χ2n) is 4.84. The summed E-state index contributed by atoms with van der Waals surface area (Å²) in [6.45, 7) is 5.76. The average Bonchev–Trinajstić information content (AvgIpc) is 2.30. The number of ether oxygens (including phenoxy) is 1. The zero-order valence-corrected chi connectivity index (χ0v) is 10.6. The molecule has 1 saturated heterocycles. The number of nitrogens with one attached hydrogen (secondary N) is 1. The largest absolute Gasteiger partial charge is 0.508 e. The van der Waals surface area contributed by atoms with Gasteiger partial charge in [-0.3, -0.25) is 0 Å². The second kappa shape index (κ2) is 5.52. The molecule has 0 bridgehead atoms. The van der Waals surface area contributed by atoms with Crippen molar-refractivity contribution in [3.63, 3.8) is 0 Å². The molecule has 1 aromatic rings.